The topological polar surface area (TPSA) is 128 Å². The van der Waals surface area contributed by atoms with Gasteiger partial charge < -0.3 is 20.8 Å². The van der Waals surface area contributed by atoms with Crippen molar-refractivity contribution in [3.63, 3.8) is 0 Å². The minimum absolute atomic E-state index is 0.147. The van der Waals surface area contributed by atoms with E-state index in [2.05, 4.69) is 19.9 Å². The van der Waals surface area contributed by atoms with E-state index in [1.165, 1.54) is 6.33 Å². The fourth-order valence-electron chi connectivity index (χ4n) is 3.14. The molecule has 25 heavy (non-hydrogen) atoms. The Hall–Kier alpha value is -1.84. The minimum Gasteiger partial charge on any atom is -0.480 e. The van der Waals surface area contributed by atoms with Crippen LogP contribution in [0.3, 0.4) is 0 Å². The molecule has 0 radical (unpaired) electrons. The van der Waals surface area contributed by atoms with E-state index in [9.17, 15) is 9.59 Å². The summed E-state index contributed by atoms with van der Waals surface area (Å²) in [6.45, 7) is 2.81. The first-order valence-corrected chi connectivity index (χ1v) is 9.52. The molecule has 8 nitrogen and oxygen atoms in total. The monoisotopic (exact) mass is 365 g/mol. The molecule has 0 aliphatic carbocycles. The van der Waals surface area contributed by atoms with Crippen molar-refractivity contribution < 1.29 is 9.90 Å². The highest BCUT2D eigenvalue weighted by Gasteiger charge is 2.23. The molecule has 0 aromatic carbocycles. The van der Waals surface area contributed by atoms with Gasteiger partial charge in [-0.3, -0.25) is 14.5 Å². The quantitative estimate of drug-likeness (QED) is 0.505. The Morgan fingerprint density at radius 1 is 1.52 bits per heavy atom. The molecule has 0 saturated carbocycles. The smallest absolute Gasteiger partial charge is 0.320 e. The highest BCUT2D eigenvalue weighted by Crippen LogP contribution is 2.24. The molecule has 5 N–H and O–H groups in total. The first-order valence-electron chi connectivity index (χ1n) is 8.36. The van der Waals surface area contributed by atoms with Crippen molar-refractivity contribution >= 4 is 28.8 Å². The molecule has 0 amide bonds. The van der Waals surface area contributed by atoms with E-state index in [4.69, 9.17) is 10.8 Å². The summed E-state index contributed by atoms with van der Waals surface area (Å²) in [6, 6.07) is -0.759. The summed E-state index contributed by atoms with van der Waals surface area (Å²) in [5.41, 5.74) is 7.67. The Balaban J connectivity index is 1.46. The highest BCUT2D eigenvalue weighted by molar-refractivity contribution is 7.99. The van der Waals surface area contributed by atoms with E-state index < -0.39 is 12.0 Å². The predicted molar refractivity (Wildman–Crippen MR) is 97.7 cm³/mol. The van der Waals surface area contributed by atoms with Crippen LogP contribution in [0.5, 0.6) is 0 Å². The Bertz CT molecular complexity index is 789. The third-order valence-corrected chi connectivity index (χ3v) is 5.79. The lowest BCUT2D eigenvalue weighted by Crippen LogP contribution is -2.30. The van der Waals surface area contributed by atoms with Gasteiger partial charge in [-0.1, -0.05) is 0 Å². The summed E-state index contributed by atoms with van der Waals surface area (Å²) >= 11 is 1.78. The number of carboxylic acid groups (broad SMARTS) is 1. The van der Waals surface area contributed by atoms with Crippen molar-refractivity contribution in [2.45, 2.75) is 25.4 Å². The molecule has 9 heteroatoms. The van der Waals surface area contributed by atoms with Crippen LogP contribution < -0.4 is 11.3 Å². The number of rotatable bonds is 8. The number of carboxylic acids is 1. The summed E-state index contributed by atoms with van der Waals surface area (Å²) < 4.78 is 0. The van der Waals surface area contributed by atoms with Gasteiger partial charge in [0.2, 0.25) is 0 Å². The van der Waals surface area contributed by atoms with Crippen LogP contribution >= 0.6 is 11.8 Å². The third kappa shape index (κ3) is 4.42. The van der Waals surface area contributed by atoms with Gasteiger partial charge in [0, 0.05) is 24.8 Å². The largest absolute Gasteiger partial charge is 0.480 e. The van der Waals surface area contributed by atoms with Gasteiger partial charge >= 0.3 is 5.97 Å². The number of aliphatic carboxylic acids is 1. The fraction of sp³-hybridized carbons (Fsp3) is 0.562. The maximum absolute atomic E-state index is 11.7. The highest BCUT2D eigenvalue weighted by atomic mass is 32.2. The molecule has 2 aromatic rings. The Morgan fingerprint density at radius 3 is 3.16 bits per heavy atom. The summed E-state index contributed by atoms with van der Waals surface area (Å²) in [7, 11) is 0. The number of aromatic nitrogens is 3. The number of H-pyrrole nitrogens is 2. The fourth-order valence-corrected chi connectivity index (χ4v) is 4.34. The molecule has 1 aliphatic rings. The minimum atomic E-state index is -0.932. The van der Waals surface area contributed by atoms with E-state index >= 15 is 0 Å². The summed E-state index contributed by atoms with van der Waals surface area (Å²) in [6.07, 6.45) is 4.94. The number of likely N-dealkylation sites (tertiary alicyclic amines) is 1. The number of nitrogens with one attached hydrogen (secondary N) is 2. The summed E-state index contributed by atoms with van der Waals surface area (Å²) in [5, 5.41) is 8.77. The molecule has 1 fully saturated rings. The van der Waals surface area contributed by atoms with Crippen LogP contribution in [0, 0.1) is 5.92 Å². The number of thioether (sulfide) groups is 1. The van der Waals surface area contributed by atoms with Crippen molar-refractivity contribution in [3.8, 4) is 0 Å². The average Bonchev–Trinajstić information content (AvgIpc) is 3.20. The number of hydrogen-bond donors (Lipinski definition) is 4. The molecule has 0 spiro atoms. The second-order valence-electron chi connectivity index (χ2n) is 6.47. The van der Waals surface area contributed by atoms with Crippen LogP contribution in [-0.4, -0.2) is 61.6 Å². The average molecular weight is 365 g/mol. The molecule has 3 rings (SSSR count). The van der Waals surface area contributed by atoms with Crippen LogP contribution in [0.25, 0.3) is 11.0 Å². The van der Waals surface area contributed by atoms with Crippen molar-refractivity contribution in [1.29, 1.82) is 0 Å². The second-order valence-corrected chi connectivity index (χ2v) is 7.62. The van der Waals surface area contributed by atoms with Gasteiger partial charge in [0.1, 0.15) is 11.6 Å². The van der Waals surface area contributed by atoms with Crippen molar-refractivity contribution in [2.75, 3.05) is 24.6 Å². The van der Waals surface area contributed by atoms with Gasteiger partial charge in [0.05, 0.1) is 11.8 Å². The van der Waals surface area contributed by atoms with Crippen molar-refractivity contribution in [1.82, 2.24) is 19.9 Å². The first kappa shape index (κ1) is 18.0. The number of carbonyl (C=O) groups is 1. The summed E-state index contributed by atoms with van der Waals surface area (Å²) in [5.74, 6) is 1.47. The van der Waals surface area contributed by atoms with Crippen LogP contribution in [0.2, 0.25) is 0 Å². The zero-order valence-corrected chi connectivity index (χ0v) is 14.7. The van der Waals surface area contributed by atoms with Crippen LogP contribution in [0.1, 0.15) is 18.4 Å². The normalized spacial score (nSPS) is 19.5. The van der Waals surface area contributed by atoms with Gasteiger partial charge in [-0.25, -0.2) is 4.98 Å². The lowest BCUT2D eigenvalue weighted by atomic mass is 10.2. The SMILES string of the molecule is N[C@@H](CCSC[C@@H]1CCN(Cc2c[nH]c3c(=O)[nH]cnc23)C1)C(=O)O. The zero-order chi connectivity index (χ0) is 17.8. The number of aromatic amines is 2. The molecule has 2 aromatic heterocycles. The van der Waals surface area contributed by atoms with E-state index in [1.807, 2.05) is 6.20 Å². The molecule has 1 aliphatic heterocycles. The van der Waals surface area contributed by atoms with Gasteiger partial charge in [-0.05, 0) is 36.8 Å². The van der Waals surface area contributed by atoms with Gasteiger partial charge in [0.25, 0.3) is 5.56 Å². The van der Waals surface area contributed by atoms with E-state index in [-0.39, 0.29) is 5.56 Å². The van der Waals surface area contributed by atoms with Crippen molar-refractivity contribution in [2.24, 2.45) is 11.7 Å². The molecular weight excluding hydrogens is 342 g/mol. The number of nitrogens with zero attached hydrogens (tertiary/aromatic N) is 2. The van der Waals surface area contributed by atoms with Crippen LogP contribution in [-0.2, 0) is 11.3 Å². The third-order valence-electron chi connectivity index (χ3n) is 4.56. The lowest BCUT2D eigenvalue weighted by Gasteiger charge is -2.15. The molecule has 136 valence electrons. The van der Waals surface area contributed by atoms with E-state index in [1.54, 1.807) is 11.8 Å². The lowest BCUT2D eigenvalue weighted by molar-refractivity contribution is -0.138. The number of fused-ring (bicyclic) bond motifs is 1. The molecule has 1 saturated heterocycles. The van der Waals surface area contributed by atoms with Gasteiger partial charge in [-0.2, -0.15) is 11.8 Å². The second kappa shape index (κ2) is 8.03. The molecule has 0 bridgehead atoms. The molecular formula is C16H23N5O3S. The Morgan fingerprint density at radius 2 is 2.36 bits per heavy atom. The first-order chi connectivity index (χ1) is 12.0. The van der Waals surface area contributed by atoms with Crippen LogP contribution in [0.15, 0.2) is 17.3 Å². The predicted octanol–water partition coefficient (Wildman–Crippen LogP) is 0.608. The number of nitrogens with two attached hydrogens (primary N) is 1. The van der Waals surface area contributed by atoms with Crippen molar-refractivity contribution in [3.05, 3.63) is 28.4 Å². The van der Waals surface area contributed by atoms with Gasteiger partial charge in [0.15, 0.2) is 0 Å². The Kier molecular flexibility index (Phi) is 5.77. The molecule has 3 heterocycles. The molecule has 0 unspecified atom stereocenters. The summed E-state index contributed by atoms with van der Waals surface area (Å²) in [4.78, 5) is 34.6. The maximum Gasteiger partial charge on any atom is 0.320 e. The van der Waals surface area contributed by atoms with E-state index in [0.29, 0.717) is 17.9 Å². The zero-order valence-electron chi connectivity index (χ0n) is 13.9. The molecule has 2 atom stereocenters. The van der Waals surface area contributed by atoms with Crippen LogP contribution in [0.4, 0.5) is 0 Å². The Labute approximate surface area is 149 Å². The van der Waals surface area contributed by atoms with Gasteiger partial charge in [-0.15, -0.1) is 0 Å². The standard InChI is InChI=1S/C16H23N5O3S/c17-12(16(23)24)2-4-25-8-10-1-3-21(6-10)7-11-5-18-14-13(11)19-9-20-15(14)22/h5,9-10,12,18H,1-4,6-8,17H2,(H,23,24)(H,19,20,22)/t10-,12+/m1/s1. The van der Waals surface area contributed by atoms with E-state index in [0.717, 1.165) is 48.6 Å². The number of hydrogen-bond acceptors (Lipinski definition) is 6. The maximum atomic E-state index is 11.7.